The number of carbonyl (C=O) groups is 1. The maximum Gasteiger partial charge on any atom is 0.416 e. The molecule has 0 bridgehead atoms. The summed E-state index contributed by atoms with van der Waals surface area (Å²) in [6.45, 7) is 1.59. The number of likely N-dealkylation sites (N-methyl/N-ethyl adjacent to an activating group) is 1. The van der Waals surface area contributed by atoms with Gasteiger partial charge in [-0.05, 0) is 50.3 Å². The Labute approximate surface area is 227 Å². The Bertz CT molecular complexity index is 1320. The molecule has 1 unspecified atom stereocenters. The minimum absolute atomic E-state index is 0.0188. The van der Waals surface area contributed by atoms with E-state index in [-0.39, 0.29) is 25.7 Å². The average molecular weight is 570 g/mol. The van der Waals surface area contributed by atoms with Gasteiger partial charge in [0.2, 0.25) is 0 Å². The summed E-state index contributed by atoms with van der Waals surface area (Å²) < 4.78 is 80.7. The summed E-state index contributed by atoms with van der Waals surface area (Å²) in [5.74, 6) is -0.903. The highest BCUT2D eigenvalue weighted by Crippen LogP contribution is 2.37. The summed E-state index contributed by atoms with van der Waals surface area (Å²) in [4.78, 5) is 27.0. The number of nitrogens with zero attached hydrogens (tertiary/aromatic N) is 4. The molecule has 0 aliphatic carbocycles. The van der Waals surface area contributed by atoms with Crippen LogP contribution in [-0.4, -0.2) is 84.9 Å². The Morgan fingerprint density at radius 3 is 2.40 bits per heavy atom. The number of rotatable bonds is 8. The molecule has 1 amide bonds. The molecule has 1 fully saturated rings. The summed E-state index contributed by atoms with van der Waals surface area (Å²) in [5, 5.41) is 4.88. The molecule has 1 aliphatic rings. The average Bonchev–Trinajstić information content (AvgIpc) is 3.29. The lowest BCUT2D eigenvalue weighted by molar-refractivity contribution is -0.143. The molecular formula is C27H29F6N5O2. The molecule has 3 aromatic rings. The van der Waals surface area contributed by atoms with Crippen molar-refractivity contribution in [1.29, 1.82) is 0 Å². The van der Waals surface area contributed by atoms with Crippen LogP contribution in [0.5, 0.6) is 0 Å². The van der Waals surface area contributed by atoms with Gasteiger partial charge in [-0.3, -0.25) is 4.79 Å². The number of hydrogen-bond donors (Lipinski definition) is 1. The standard InChI is InChI=1S/C27H29F6N5O2/c1-36(2)9-10-40-35-17-37-7-8-38(22(16-37)13-19-15-34-24-6-4-3-5-23(19)24)25(39)18-11-20(26(28,29)30)14-21(12-18)27(31,32)33/h3-6,11-12,14-15,17,22,34H,7-10,13,16H2,1-2H3/b35-17+. The molecule has 7 nitrogen and oxygen atoms in total. The van der Waals surface area contributed by atoms with Crippen LogP contribution in [-0.2, 0) is 23.6 Å². The normalized spacial score (nSPS) is 16.9. The van der Waals surface area contributed by atoms with E-state index in [2.05, 4.69) is 10.1 Å². The first-order valence-electron chi connectivity index (χ1n) is 12.5. The third-order valence-electron chi connectivity index (χ3n) is 6.65. The Balaban J connectivity index is 1.63. The van der Waals surface area contributed by atoms with Crippen LogP contribution in [0.4, 0.5) is 26.3 Å². The van der Waals surface area contributed by atoms with Crippen LogP contribution in [0.2, 0.25) is 0 Å². The van der Waals surface area contributed by atoms with Crippen LogP contribution in [0.3, 0.4) is 0 Å². The van der Waals surface area contributed by atoms with E-state index in [9.17, 15) is 31.1 Å². The van der Waals surface area contributed by atoms with E-state index in [1.54, 1.807) is 6.20 Å². The monoisotopic (exact) mass is 569 g/mol. The number of oxime groups is 1. The predicted molar refractivity (Wildman–Crippen MR) is 138 cm³/mol. The smallest absolute Gasteiger partial charge is 0.393 e. The highest BCUT2D eigenvalue weighted by molar-refractivity contribution is 5.95. The number of hydrogen-bond acceptors (Lipinski definition) is 4. The molecular weight excluding hydrogens is 540 g/mol. The molecule has 2 heterocycles. The number of carbonyl (C=O) groups excluding carboxylic acids is 1. The maximum atomic E-state index is 13.5. The predicted octanol–water partition coefficient (Wildman–Crippen LogP) is 5.10. The van der Waals surface area contributed by atoms with Gasteiger partial charge in [0, 0.05) is 48.8 Å². The van der Waals surface area contributed by atoms with Gasteiger partial charge in [0.15, 0.2) is 0 Å². The number of halogens is 6. The van der Waals surface area contributed by atoms with Crippen LogP contribution >= 0.6 is 0 Å². The second-order valence-corrected chi connectivity index (χ2v) is 9.86. The van der Waals surface area contributed by atoms with Gasteiger partial charge < -0.3 is 24.5 Å². The van der Waals surface area contributed by atoms with Crippen molar-refractivity contribution in [2.45, 2.75) is 24.8 Å². The second-order valence-electron chi connectivity index (χ2n) is 9.86. The van der Waals surface area contributed by atoms with Gasteiger partial charge in [-0.15, -0.1) is 0 Å². The first-order valence-corrected chi connectivity index (χ1v) is 12.5. The van der Waals surface area contributed by atoms with Gasteiger partial charge >= 0.3 is 12.4 Å². The van der Waals surface area contributed by atoms with Gasteiger partial charge in [0.1, 0.15) is 12.9 Å². The molecule has 1 aromatic heterocycles. The number of alkyl halides is 6. The Kier molecular flexibility index (Phi) is 8.62. The summed E-state index contributed by atoms with van der Waals surface area (Å²) in [6.07, 6.45) is -6.52. The number of aromatic amines is 1. The lowest BCUT2D eigenvalue weighted by atomic mass is 9.99. The molecule has 1 saturated heterocycles. The zero-order chi connectivity index (χ0) is 29.1. The first kappa shape index (κ1) is 29.2. The van der Waals surface area contributed by atoms with E-state index >= 15 is 0 Å². The van der Waals surface area contributed by atoms with Gasteiger partial charge in [-0.1, -0.05) is 23.4 Å². The van der Waals surface area contributed by atoms with E-state index < -0.39 is 41.0 Å². The Hall–Kier alpha value is -3.74. The first-order chi connectivity index (χ1) is 18.8. The molecule has 0 spiro atoms. The molecule has 2 aromatic carbocycles. The fourth-order valence-electron chi connectivity index (χ4n) is 4.60. The molecule has 0 saturated carbocycles. The van der Waals surface area contributed by atoms with Gasteiger partial charge in [0.05, 0.1) is 17.2 Å². The largest absolute Gasteiger partial charge is 0.416 e. The van der Waals surface area contributed by atoms with Gasteiger partial charge in [-0.2, -0.15) is 26.3 Å². The maximum absolute atomic E-state index is 13.5. The topological polar surface area (TPSA) is 64.2 Å². The lowest BCUT2D eigenvalue weighted by Crippen LogP contribution is -2.55. The Morgan fingerprint density at radius 2 is 1.75 bits per heavy atom. The van der Waals surface area contributed by atoms with Crippen molar-refractivity contribution in [3.05, 3.63) is 70.9 Å². The number of amides is 1. The second kappa shape index (κ2) is 11.8. The molecule has 0 radical (unpaired) electrons. The van der Waals surface area contributed by atoms with Crippen molar-refractivity contribution in [1.82, 2.24) is 19.7 Å². The van der Waals surface area contributed by atoms with Gasteiger partial charge in [-0.25, -0.2) is 0 Å². The van der Waals surface area contributed by atoms with Gasteiger partial charge in [0.25, 0.3) is 5.91 Å². The highest BCUT2D eigenvalue weighted by Gasteiger charge is 2.39. The number of H-pyrrole nitrogens is 1. The molecule has 216 valence electrons. The molecule has 1 aliphatic heterocycles. The highest BCUT2D eigenvalue weighted by atomic mass is 19.4. The van der Waals surface area contributed by atoms with Crippen LogP contribution in [0.25, 0.3) is 10.9 Å². The molecule has 1 atom stereocenters. The molecule has 13 heteroatoms. The van der Waals surface area contributed by atoms with Crippen molar-refractivity contribution >= 4 is 23.1 Å². The fourth-order valence-corrected chi connectivity index (χ4v) is 4.60. The van der Waals surface area contributed by atoms with E-state index in [0.717, 1.165) is 16.5 Å². The zero-order valence-electron chi connectivity index (χ0n) is 21.9. The quantitative estimate of drug-likeness (QED) is 0.135. The zero-order valence-corrected chi connectivity index (χ0v) is 21.9. The van der Waals surface area contributed by atoms with Crippen molar-refractivity contribution in [2.24, 2.45) is 5.16 Å². The number of piperazine rings is 1. The van der Waals surface area contributed by atoms with Crippen molar-refractivity contribution in [3.63, 3.8) is 0 Å². The fraction of sp³-hybridized carbons (Fsp3) is 0.407. The summed E-state index contributed by atoms with van der Waals surface area (Å²) in [6, 6.07) is 7.90. The SMILES string of the molecule is CN(C)CCO/N=C/N1CCN(C(=O)c2cc(C(F)(F)F)cc(C(F)(F)F)c2)C(Cc2c[nH]c3ccccc23)C1. The minimum Gasteiger partial charge on any atom is -0.393 e. The van der Waals surface area contributed by atoms with E-state index in [1.165, 1.54) is 11.2 Å². The number of benzene rings is 2. The van der Waals surface area contributed by atoms with Crippen LogP contribution in [0, 0.1) is 0 Å². The minimum atomic E-state index is -5.05. The molecule has 4 rings (SSSR count). The number of para-hydroxylation sites is 1. The van der Waals surface area contributed by atoms with Crippen LogP contribution < -0.4 is 0 Å². The third kappa shape index (κ3) is 7.06. The van der Waals surface area contributed by atoms with E-state index in [0.29, 0.717) is 31.7 Å². The third-order valence-corrected chi connectivity index (χ3v) is 6.65. The van der Waals surface area contributed by atoms with E-state index in [1.807, 2.05) is 48.2 Å². The van der Waals surface area contributed by atoms with Crippen LogP contribution in [0.1, 0.15) is 27.0 Å². The molecule has 1 N–H and O–H groups in total. The number of fused-ring (bicyclic) bond motifs is 1. The van der Waals surface area contributed by atoms with E-state index in [4.69, 9.17) is 4.84 Å². The summed E-state index contributed by atoms with van der Waals surface area (Å²) in [5.41, 5.74) is -2.00. The Morgan fingerprint density at radius 1 is 1.07 bits per heavy atom. The molecule has 40 heavy (non-hydrogen) atoms. The summed E-state index contributed by atoms with van der Waals surface area (Å²) in [7, 11) is 3.78. The number of aromatic nitrogens is 1. The lowest BCUT2D eigenvalue weighted by Gasteiger charge is -2.41. The van der Waals surface area contributed by atoms with Crippen molar-refractivity contribution in [2.75, 3.05) is 46.9 Å². The number of nitrogens with one attached hydrogen (secondary N) is 1. The van der Waals surface area contributed by atoms with Crippen molar-refractivity contribution < 1.29 is 36.0 Å². The van der Waals surface area contributed by atoms with Crippen molar-refractivity contribution in [3.8, 4) is 0 Å². The summed E-state index contributed by atoms with van der Waals surface area (Å²) >= 11 is 0. The van der Waals surface area contributed by atoms with Crippen LogP contribution in [0.15, 0.2) is 53.8 Å².